The molecule has 3 aromatic rings. The van der Waals surface area contributed by atoms with Crippen LogP contribution in [0.1, 0.15) is 29.9 Å². The number of phenols is 1. The van der Waals surface area contributed by atoms with E-state index >= 15 is 0 Å². The third-order valence-corrected chi connectivity index (χ3v) is 11.8. The Labute approximate surface area is 277 Å². The van der Waals surface area contributed by atoms with Gasteiger partial charge < -0.3 is 5.11 Å². The molecule has 3 aromatic carbocycles. The molecule has 0 radical (unpaired) electrons. The summed E-state index contributed by atoms with van der Waals surface area (Å²) in [7, 11) is 0. The maximum atomic E-state index is 14.4. The lowest BCUT2D eigenvalue weighted by atomic mass is 9.56. The summed E-state index contributed by atoms with van der Waals surface area (Å²) in [6, 6.07) is 13.9. The number of phenolic OH excluding ortho intramolecular Hbond substituents is 1. The Morgan fingerprint density at radius 2 is 1.51 bits per heavy atom. The summed E-state index contributed by atoms with van der Waals surface area (Å²) < 4.78 is 13.8. The maximum absolute atomic E-state index is 14.4. The van der Waals surface area contributed by atoms with Crippen molar-refractivity contribution in [1.82, 2.24) is 0 Å². The van der Waals surface area contributed by atoms with Crippen molar-refractivity contribution in [2.45, 2.75) is 35.4 Å². The second-order valence-electron chi connectivity index (χ2n) is 11.9. The number of hydrogen-bond acceptors (Lipinski definition) is 5. The van der Waals surface area contributed by atoms with Gasteiger partial charge >= 0.3 is 0 Å². The van der Waals surface area contributed by atoms with Crippen LogP contribution in [-0.2, 0) is 19.2 Å². The van der Waals surface area contributed by atoms with Crippen molar-refractivity contribution in [2.75, 3.05) is 9.80 Å². The zero-order valence-electron chi connectivity index (χ0n) is 23.4. The molecule has 2 aliphatic heterocycles. The van der Waals surface area contributed by atoms with Gasteiger partial charge in [-0.2, -0.15) is 0 Å². The summed E-state index contributed by atoms with van der Waals surface area (Å²) in [6.45, 7) is 1.81. The lowest BCUT2D eigenvalue weighted by molar-refractivity contribution is -0.125. The molecule has 2 heterocycles. The van der Waals surface area contributed by atoms with Crippen LogP contribution in [0.2, 0.25) is 10.0 Å². The van der Waals surface area contributed by atoms with Crippen LogP contribution in [-0.4, -0.2) is 38.5 Å². The molecule has 1 N–H and O–H groups in total. The van der Waals surface area contributed by atoms with E-state index in [1.165, 1.54) is 30.3 Å². The van der Waals surface area contributed by atoms with Gasteiger partial charge in [0.1, 0.15) is 11.6 Å². The number of allylic oxidation sites excluding steroid dienone is 2. The Bertz CT molecular complexity index is 1880. The molecular formula is C33H23Cl4FN2O5. The first-order valence-electron chi connectivity index (χ1n) is 14.1. The predicted octanol–water partition coefficient (Wildman–Crippen LogP) is 6.91. The molecule has 0 unspecified atom stereocenters. The molecule has 1 saturated carbocycles. The summed E-state index contributed by atoms with van der Waals surface area (Å²) in [4.78, 5) is 54.4. The van der Waals surface area contributed by atoms with Gasteiger partial charge in [-0.1, -0.05) is 47.0 Å². The van der Waals surface area contributed by atoms with Crippen molar-refractivity contribution in [1.29, 1.82) is 0 Å². The number of fused-ring (bicyclic) bond motifs is 4. The van der Waals surface area contributed by atoms with E-state index in [0.717, 1.165) is 27.5 Å². The molecule has 7 rings (SSSR count). The van der Waals surface area contributed by atoms with Gasteiger partial charge in [0.2, 0.25) is 11.8 Å². The van der Waals surface area contributed by atoms with Crippen LogP contribution >= 0.6 is 46.4 Å². The highest BCUT2D eigenvalue weighted by Gasteiger charge is 2.76. The molecule has 2 aliphatic carbocycles. The highest BCUT2D eigenvalue weighted by molar-refractivity contribution is 6.58. The summed E-state index contributed by atoms with van der Waals surface area (Å²) in [6.07, 6.45) is 1.71. The fraction of sp³-hybridized carbons (Fsp3) is 0.273. The predicted molar refractivity (Wildman–Crippen MR) is 168 cm³/mol. The fourth-order valence-electron chi connectivity index (χ4n) is 7.47. The Balaban J connectivity index is 1.40. The monoisotopic (exact) mass is 686 g/mol. The Hall–Kier alpha value is -3.43. The number of halogens is 5. The Morgan fingerprint density at radius 3 is 2.18 bits per heavy atom. The molecule has 0 spiro atoms. The van der Waals surface area contributed by atoms with E-state index < -0.39 is 62.9 Å². The van der Waals surface area contributed by atoms with Crippen molar-refractivity contribution < 1.29 is 28.7 Å². The quantitative estimate of drug-likeness (QED) is 0.183. The molecule has 0 aromatic heterocycles. The molecule has 12 heteroatoms. The number of carbonyl (C=O) groups is 4. The van der Waals surface area contributed by atoms with Crippen molar-refractivity contribution in [3.8, 4) is 5.75 Å². The normalized spacial score (nSPS) is 30.8. The van der Waals surface area contributed by atoms with E-state index in [2.05, 4.69) is 0 Å². The number of amides is 4. The van der Waals surface area contributed by atoms with Gasteiger partial charge in [0, 0.05) is 16.0 Å². The second kappa shape index (κ2) is 10.3. The van der Waals surface area contributed by atoms with Gasteiger partial charge in [0.25, 0.3) is 11.8 Å². The Kier molecular flexibility index (Phi) is 6.91. The van der Waals surface area contributed by atoms with Gasteiger partial charge in [0.05, 0.1) is 23.2 Å². The number of aryl methyl sites for hydroxylation is 1. The average molecular weight is 688 g/mol. The van der Waals surface area contributed by atoms with Crippen LogP contribution in [0.25, 0.3) is 0 Å². The smallest absolute Gasteiger partial charge is 0.258 e. The van der Waals surface area contributed by atoms with Gasteiger partial charge in [-0.25, -0.2) is 14.2 Å². The molecule has 7 nitrogen and oxygen atoms in total. The van der Waals surface area contributed by atoms with Crippen LogP contribution in [0.4, 0.5) is 15.8 Å². The lowest BCUT2D eigenvalue weighted by Gasteiger charge is -2.50. The van der Waals surface area contributed by atoms with Crippen LogP contribution in [0.15, 0.2) is 72.3 Å². The molecule has 6 atom stereocenters. The third-order valence-electron chi connectivity index (χ3n) is 9.60. The number of benzene rings is 3. The summed E-state index contributed by atoms with van der Waals surface area (Å²) in [5.41, 5.74) is 2.03. The molecule has 4 aliphatic rings. The molecule has 0 bridgehead atoms. The van der Waals surface area contributed by atoms with E-state index in [-0.39, 0.29) is 29.3 Å². The van der Waals surface area contributed by atoms with Crippen molar-refractivity contribution in [2.24, 2.45) is 17.8 Å². The van der Waals surface area contributed by atoms with Gasteiger partial charge in [0.15, 0.2) is 9.75 Å². The molecule has 3 fully saturated rings. The SMILES string of the molecule is Cc1ccc(N2C(=O)[C@H]3[C@H](CC=C4[C@H]3C[C@@]3(Cl)C(=O)N(c5ccc(F)cc5)C(=O)[C@@]3(Cl)[C@H]4c3ccc(O)cc3Cl)C2=O)cc1Cl. The zero-order chi connectivity index (χ0) is 32.2. The number of nitrogens with zero attached hydrogens (tertiary/aromatic N) is 2. The van der Waals surface area contributed by atoms with Crippen LogP contribution < -0.4 is 9.80 Å². The summed E-state index contributed by atoms with van der Waals surface area (Å²) in [5.74, 6) is -6.87. The first kappa shape index (κ1) is 30.2. The summed E-state index contributed by atoms with van der Waals surface area (Å²) >= 11 is 27.7. The van der Waals surface area contributed by atoms with Crippen molar-refractivity contribution in [3.63, 3.8) is 0 Å². The minimum Gasteiger partial charge on any atom is -0.508 e. The molecular weight excluding hydrogens is 665 g/mol. The Morgan fingerprint density at radius 1 is 0.822 bits per heavy atom. The number of aromatic hydroxyl groups is 1. The van der Waals surface area contributed by atoms with Crippen molar-refractivity contribution in [3.05, 3.63) is 99.3 Å². The number of carbonyl (C=O) groups excluding carboxylic acids is 4. The number of rotatable bonds is 3. The summed E-state index contributed by atoms with van der Waals surface area (Å²) in [5, 5.41) is 10.6. The third kappa shape index (κ3) is 4.08. The highest BCUT2D eigenvalue weighted by Crippen LogP contribution is 2.66. The van der Waals surface area contributed by atoms with E-state index in [4.69, 9.17) is 46.4 Å². The number of hydrogen-bond donors (Lipinski definition) is 1. The topological polar surface area (TPSA) is 95.0 Å². The average Bonchev–Trinajstić information content (AvgIpc) is 3.33. The van der Waals surface area contributed by atoms with Gasteiger partial charge in [-0.05, 0) is 85.3 Å². The van der Waals surface area contributed by atoms with E-state index in [9.17, 15) is 28.7 Å². The number of alkyl halides is 2. The molecule has 4 amide bonds. The van der Waals surface area contributed by atoms with Crippen LogP contribution in [0.3, 0.4) is 0 Å². The van der Waals surface area contributed by atoms with Crippen LogP contribution in [0, 0.1) is 30.5 Å². The van der Waals surface area contributed by atoms with E-state index in [1.807, 2.05) is 0 Å². The maximum Gasteiger partial charge on any atom is 0.258 e. The molecule has 2 saturated heterocycles. The fourth-order valence-corrected chi connectivity index (χ4v) is 8.86. The second-order valence-corrected chi connectivity index (χ2v) is 14.0. The van der Waals surface area contributed by atoms with E-state index in [0.29, 0.717) is 21.8 Å². The molecule has 230 valence electrons. The minimum atomic E-state index is -2.13. The largest absolute Gasteiger partial charge is 0.508 e. The first-order valence-corrected chi connectivity index (χ1v) is 15.7. The minimum absolute atomic E-state index is 0.0629. The standard InChI is InChI=1S/C33H23Cl4FN2O5/c1-15-2-5-18(12-24(15)34)39-28(42)22-11-10-20-23(26(22)29(39)43)14-32(36)30(44)40(17-6-3-16(38)4-7-17)31(45)33(32,37)27(20)21-9-8-19(41)13-25(21)35/h2-10,12-13,22-23,26-27,41H,11,14H2,1H3/t22-,23+,26-,27+,32+,33-/m0/s1. The lowest BCUT2D eigenvalue weighted by Crippen LogP contribution is -2.60. The van der Waals surface area contributed by atoms with Gasteiger partial charge in [-0.15, -0.1) is 23.2 Å². The van der Waals surface area contributed by atoms with Crippen LogP contribution in [0.5, 0.6) is 5.75 Å². The first-order chi connectivity index (χ1) is 21.3. The van der Waals surface area contributed by atoms with E-state index in [1.54, 1.807) is 31.2 Å². The highest BCUT2D eigenvalue weighted by atomic mass is 35.5. The van der Waals surface area contributed by atoms with Crippen molar-refractivity contribution >= 4 is 81.4 Å². The zero-order valence-corrected chi connectivity index (χ0v) is 26.5. The number of imide groups is 2. The molecule has 45 heavy (non-hydrogen) atoms. The number of anilines is 2. The van der Waals surface area contributed by atoms with Gasteiger partial charge in [-0.3, -0.25) is 19.2 Å².